The Bertz CT molecular complexity index is 6610. The van der Waals surface area contributed by atoms with Crippen LogP contribution < -0.4 is 21.3 Å². The van der Waals surface area contributed by atoms with Crippen LogP contribution in [0.15, 0.2) is 269 Å². The molecule has 0 spiro atoms. The third-order valence-electron chi connectivity index (χ3n) is 22.1. The van der Waals surface area contributed by atoms with Gasteiger partial charge in [-0.25, -0.2) is 63.8 Å². The Morgan fingerprint density at radius 3 is 1.07 bits per heavy atom. The highest BCUT2D eigenvalue weighted by Gasteiger charge is 2.27. The summed E-state index contributed by atoms with van der Waals surface area (Å²) in [5, 5.41) is 19.1. The lowest BCUT2D eigenvalue weighted by Crippen LogP contribution is -2.31. The Hall–Kier alpha value is -16.5. The number of para-hydroxylation sites is 2. The Morgan fingerprint density at radius 1 is 0.353 bits per heavy atom. The molecule has 0 bridgehead atoms. The molecule has 37 heteroatoms. The first-order valence-corrected chi connectivity index (χ1v) is 42.0. The Morgan fingerprint density at radius 2 is 0.692 bits per heavy atom. The number of rotatable bonds is 21. The molecule has 2 saturated heterocycles. The van der Waals surface area contributed by atoms with Crippen LogP contribution in [0.25, 0.3) is 84.9 Å². The lowest BCUT2D eigenvalue weighted by molar-refractivity contribution is 0.0786. The fraction of sp³-hybridized carbons (Fsp3) is 0.156. The van der Waals surface area contributed by atoms with Gasteiger partial charge in [0.25, 0.3) is 29.5 Å². The van der Waals surface area contributed by atoms with Gasteiger partial charge in [-0.1, -0.05) is 79.6 Å². The van der Waals surface area contributed by atoms with Crippen LogP contribution in [0.5, 0.6) is 0 Å². The predicted octanol–water partition coefficient (Wildman–Crippen LogP) is 18.7. The molecule has 133 heavy (non-hydrogen) atoms. The van der Waals surface area contributed by atoms with E-state index in [1.807, 2.05) is 36.4 Å². The van der Waals surface area contributed by atoms with Crippen LogP contribution in [0.1, 0.15) is 104 Å². The lowest BCUT2D eigenvalue weighted by Gasteiger charge is -2.13. The van der Waals surface area contributed by atoms with E-state index >= 15 is 0 Å². The zero-order valence-electron chi connectivity index (χ0n) is 70.3. The lowest BCUT2D eigenvalue weighted by atomic mass is 10.1. The average Bonchev–Trinajstić information content (AvgIpc) is 1.68. The summed E-state index contributed by atoms with van der Waals surface area (Å²) in [5.41, 5.74) is 8.74. The first-order chi connectivity index (χ1) is 64.7. The summed E-state index contributed by atoms with van der Waals surface area (Å²) in [6.45, 7) is 3.40. The van der Waals surface area contributed by atoms with Gasteiger partial charge in [0.15, 0.2) is 64.0 Å². The highest BCUT2D eigenvalue weighted by molar-refractivity contribution is 6.04. The highest BCUT2D eigenvalue weighted by atomic mass is 19.2. The number of hydrogen-bond donors (Lipinski definition) is 9. The van der Waals surface area contributed by atoms with E-state index in [4.69, 9.17) is 4.74 Å². The number of H-pyrrole nitrogens is 5. The molecule has 20 rings (SSSR count). The molecule has 17 aromatic rings. The molecule has 1 atom stereocenters. The van der Waals surface area contributed by atoms with Crippen LogP contribution in [-0.4, -0.2) is 151 Å². The minimum Gasteiger partial charge on any atom is -0.376 e. The molecule has 27 nitrogen and oxygen atoms in total. The van der Waals surface area contributed by atoms with Crippen molar-refractivity contribution in [3.8, 4) is 84.9 Å². The first-order valence-electron chi connectivity index (χ1n) is 42.0. The summed E-state index contributed by atoms with van der Waals surface area (Å²) >= 11 is 0. The topological polar surface area (TPSA) is 327 Å². The van der Waals surface area contributed by atoms with Crippen molar-refractivity contribution in [1.82, 2.24) is 93.4 Å². The summed E-state index contributed by atoms with van der Waals surface area (Å²) in [7, 11) is 0. The Kier molecular flexibility index (Phi) is 27.9. The van der Waals surface area contributed by atoms with Crippen LogP contribution >= 0.6 is 0 Å². The van der Waals surface area contributed by atoms with Gasteiger partial charge in [0.05, 0.1) is 107 Å². The number of aromatic amines is 5. The molecule has 10 aromatic heterocycles. The standard InChI is InChI=1S/C20H20F2N4O.C20H14F2N4O.C19H13F2N5O.C19H18F2N4O2.C18H16F2N4O/c21-15-6-3-7-17(19(15)22)26-12-23-11-18(26)14-8-16(24-10-14)20(27)25-9-13-4-1-2-5-13;21-15-7-4-8-17(19(15)22)26-12-23-11-18(26)13-9-16(24-10-13)20(27)25-14-5-2-1-3-6-14;20-14-7-4-8-16(17(14)21)26-11-23-25-18(26)12-9-15(22-10-12)19(27)24-13-5-2-1-3-6-13;20-14-4-1-5-16(18(14)21)25-11-22-10-17(25)12-7-15(23-8-12)19(26)24-9-13-3-2-6-27-13;19-13-4-3-5-15(17(13)20)24-11-21-10-16(24)12-8-14(22-9-12)18(25)23-6-1-2-7-23/h3,6-8,10-13,24H,1-2,4-5,9H2,(H,25,27);1-12,24H,(H,25,27);1-11,22H,(H,24,27);1,4-5,7-8,10-11,13,23H,2-3,6,9H2,(H,24,26);3-5,8-11,22H,1-2,6-7H2/t;;;13-;/m...0./s1. The van der Waals surface area contributed by atoms with E-state index in [0.29, 0.717) is 109 Å². The number of nitrogens with one attached hydrogen (secondary N) is 9. The predicted molar refractivity (Wildman–Crippen MR) is 474 cm³/mol. The van der Waals surface area contributed by atoms with Crippen LogP contribution in [0, 0.1) is 64.1 Å². The third-order valence-corrected chi connectivity index (χ3v) is 22.1. The number of hydrogen-bond acceptors (Lipinski definition) is 12. The number of carbonyl (C=O) groups is 5. The van der Waals surface area contributed by atoms with Gasteiger partial charge in [0, 0.05) is 103 Å². The maximum atomic E-state index is 14.1. The molecule has 2 aliphatic heterocycles. The minimum atomic E-state index is -1.00. The highest BCUT2D eigenvalue weighted by Crippen LogP contribution is 2.34. The monoisotopic (exact) mass is 1810 g/mol. The molecule has 0 unspecified atom stereocenters. The van der Waals surface area contributed by atoms with Gasteiger partial charge in [0.2, 0.25) is 0 Å². The van der Waals surface area contributed by atoms with Crippen molar-refractivity contribution >= 4 is 40.9 Å². The smallest absolute Gasteiger partial charge is 0.272 e. The molecule has 3 aliphatic rings. The number of benzene rings is 7. The molecule has 5 amide bonds. The number of anilines is 2. The van der Waals surface area contributed by atoms with Crippen molar-refractivity contribution in [2.75, 3.05) is 43.4 Å². The molecule has 3 fully saturated rings. The zero-order valence-corrected chi connectivity index (χ0v) is 70.3. The van der Waals surface area contributed by atoms with Crippen molar-refractivity contribution in [3.63, 3.8) is 0 Å². The number of amides is 5. The molecular formula is C96H81F10N21O6. The second-order valence-corrected chi connectivity index (χ2v) is 30.8. The largest absolute Gasteiger partial charge is 0.376 e. The number of aromatic nitrogens is 16. The molecule has 0 radical (unpaired) electrons. The first kappa shape index (κ1) is 89.9. The van der Waals surface area contributed by atoms with E-state index in [1.54, 1.807) is 103 Å². The number of halogens is 10. The number of ether oxygens (including phenoxy) is 1. The van der Waals surface area contributed by atoms with E-state index in [9.17, 15) is 67.9 Å². The van der Waals surface area contributed by atoms with E-state index in [1.165, 1.54) is 140 Å². The van der Waals surface area contributed by atoms with Crippen LogP contribution in [-0.2, 0) is 4.74 Å². The zero-order chi connectivity index (χ0) is 92.6. The van der Waals surface area contributed by atoms with Gasteiger partial charge in [-0.2, -0.15) is 0 Å². The van der Waals surface area contributed by atoms with Gasteiger partial charge in [-0.15, -0.1) is 10.2 Å². The summed E-state index contributed by atoms with van der Waals surface area (Å²) < 4.78 is 151. The second-order valence-electron chi connectivity index (χ2n) is 30.8. The summed E-state index contributed by atoms with van der Waals surface area (Å²) in [6.07, 6.45) is 30.0. The summed E-state index contributed by atoms with van der Waals surface area (Å²) in [6, 6.07) is 46.0. The Labute approximate surface area is 751 Å². The van der Waals surface area contributed by atoms with Crippen molar-refractivity contribution in [2.45, 2.75) is 57.5 Å². The van der Waals surface area contributed by atoms with E-state index in [-0.39, 0.29) is 69.9 Å². The number of carbonyl (C=O) groups excluding carboxylic acids is 5. The van der Waals surface area contributed by atoms with E-state index < -0.39 is 58.2 Å². The quantitative estimate of drug-likeness (QED) is 0.0303. The molecule has 7 aromatic carbocycles. The average molecular weight is 1810 g/mol. The SMILES string of the molecule is O=C(NCC1CCCC1)c1cc(-c2cncn2-c2cccc(F)c2F)c[nH]1.O=C(NC[C@@H]1CCCO1)c1cc(-c2cncn2-c2cccc(F)c2F)c[nH]1.O=C(Nc1ccccc1)c1cc(-c2cncn2-c2cccc(F)c2F)c[nH]1.O=C(Nc1ccccc1)c1cc(-c2nncn2-c2cccc(F)c2F)c[nH]1.O=C(c1cc(-c2cncn2-c2cccc(F)c2F)c[nH]1)N1CCCC1. The summed E-state index contributed by atoms with van der Waals surface area (Å²) in [4.78, 5) is 94.4. The van der Waals surface area contributed by atoms with Crippen molar-refractivity contribution in [3.05, 3.63) is 356 Å². The van der Waals surface area contributed by atoms with Gasteiger partial charge in [0.1, 0.15) is 34.8 Å². The summed E-state index contributed by atoms with van der Waals surface area (Å²) in [5.74, 6) is -9.78. The third kappa shape index (κ3) is 20.8. The molecular weight excluding hydrogens is 1730 g/mol. The number of likely N-dealkylation sites (tertiary alicyclic amines) is 1. The van der Waals surface area contributed by atoms with Gasteiger partial charge in [-0.3, -0.25) is 46.8 Å². The second kappa shape index (κ2) is 41.3. The van der Waals surface area contributed by atoms with Gasteiger partial charge < -0.3 is 55.8 Å². The van der Waals surface area contributed by atoms with Gasteiger partial charge in [-0.05, 0) is 160 Å². The molecule has 12 heterocycles. The van der Waals surface area contributed by atoms with Crippen molar-refractivity contribution in [2.24, 2.45) is 5.92 Å². The number of nitrogens with zero attached hydrogens (tertiary/aromatic N) is 12. The molecule has 1 aliphatic carbocycles. The normalized spacial score (nSPS) is 13.4. The fourth-order valence-electron chi connectivity index (χ4n) is 15.3. The van der Waals surface area contributed by atoms with Crippen molar-refractivity contribution in [1.29, 1.82) is 0 Å². The minimum absolute atomic E-state index is 0.0218. The Balaban J connectivity index is 0.000000121. The van der Waals surface area contributed by atoms with E-state index in [2.05, 4.69) is 76.3 Å². The maximum Gasteiger partial charge on any atom is 0.272 e. The van der Waals surface area contributed by atoms with Crippen LogP contribution in [0.3, 0.4) is 0 Å². The van der Waals surface area contributed by atoms with Crippen LogP contribution in [0.2, 0.25) is 0 Å². The van der Waals surface area contributed by atoms with Crippen molar-refractivity contribution < 1.29 is 72.6 Å². The number of imidazole rings is 4. The molecule has 676 valence electrons. The van der Waals surface area contributed by atoms with E-state index in [0.717, 1.165) is 88.6 Å². The molecule has 1 saturated carbocycles. The fourth-order valence-corrected chi connectivity index (χ4v) is 15.3. The van der Waals surface area contributed by atoms with Gasteiger partial charge >= 0.3 is 0 Å². The molecule has 9 N–H and O–H groups in total. The van der Waals surface area contributed by atoms with Crippen LogP contribution in [0.4, 0.5) is 55.3 Å². The maximum absolute atomic E-state index is 14.1.